The topological polar surface area (TPSA) is 72.5 Å². The summed E-state index contributed by atoms with van der Waals surface area (Å²) in [5.41, 5.74) is 2.66. The predicted molar refractivity (Wildman–Crippen MR) is 67.8 cm³/mol. The first-order valence-electron chi connectivity index (χ1n) is 5.49. The van der Waals surface area contributed by atoms with Gasteiger partial charge >= 0.3 is 0 Å². The Morgan fingerprint density at radius 3 is 2.89 bits per heavy atom. The first-order chi connectivity index (χ1) is 8.63. The highest BCUT2D eigenvalue weighted by molar-refractivity contribution is 7.71. The molecule has 0 atom stereocenters. The van der Waals surface area contributed by atoms with Crippen LogP contribution >= 0.6 is 12.2 Å². The molecule has 7 heteroatoms. The molecule has 92 valence electrons. The molecule has 3 aromatic rings. The normalized spacial score (nSPS) is 11.2. The van der Waals surface area contributed by atoms with Gasteiger partial charge in [-0.25, -0.2) is 4.98 Å². The number of imidazole rings is 1. The molecule has 3 heterocycles. The van der Waals surface area contributed by atoms with E-state index in [1.807, 2.05) is 23.6 Å². The smallest absolute Gasteiger partial charge is 0.223 e. The number of rotatable bonds is 2. The number of fused-ring (bicyclic) bond motifs is 1. The summed E-state index contributed by atoms with van der Waals surface area (Å²) in [4.78, 5) is 11.8. The van der Waals surface area contributed by atoms with Crippen LogP contribution in [-0.2, 0) is 6.54 Å². The lowest BCUT2D eigenvalue weighted by Gasteiger charge is -2.00. The SMILES string of the molecule is Cc1ccc2[nH]c(=S)n(Cc3noc(C)n3)c2n1. The summed E-state index contributed by atoms with van der Waals surface area (Å²) in [5, 5.41) is 3.87. The Bertz CT molecular complexity index is 769. The summed E-state index contributed by atoms with van der Waals surface area (Å²) in [5.74, 6) is 1.13. The molecule has 1 N–H and O–H groups in total. The summed E-state index contributed by atoms with van der Waals surface area (Å²) >= 11 is 5.28. The van der Waals surface area contributed by atoms with Crippen molar-refractivity contribution >= 4 is 23.4 Å². The van der Waals surface area contributed by atoms with Crippen LogP contribution in [0.3, 0.4) is 0 Å². The fourth-order valence-electron chi connectivity index (χ4n) is 1.82. The molecule has 0 aliphatic rings. The van der Waals surface area contributed by atoms with E-state index < -0.39 is 0 Å². The van der Waals surface area contributed by atoms with Crippen molar-refractivity contribution < 1.29 is 4.52 Å². The molecule has 0 unspecified atom stereocenters. The molecule has 0 saturated carbocycles. The summed E-state index contributed by atoms with van der Waals surface area (Å²) in [6.07, 6.45) is 0. The number of aromatic amines is 1. The van der Waals surface area contributed by atoms with E-state index in [0.717, 1.165) is 16.9 Å². The number of hydrogen-bond donors (Lipinski definition) is 1. The van der Waals surface area contributed by atoms with Gasteiger partial charge in [0.1, 0.15) is 0 Å². The van der Waals surface area contributed by atoms with Crippen LogP contribution in [0.1, 0.15) is 17.4 Å². The molecule has 0 amide bonds. The van der Waals surface area contributed by atoms with Crippen LogP contribution in [-0.4, -0.2) is 24.7 Å². The van der Waals surface area contributed by atoms with Gasteiger partial charge in [0.05, 0.1) is 12.1 Å². The molecule has 0 aromatic carbocycles. The number of aromatic nitrogens is 5. The first-order valence-corrected chi connectivity index (χ1v) is 5.89. The van der Waals surface area contributed by atoms with Gasteiger partial charge in [0, 0.05) is 12.6 Å². The molecule has 0 aliphatic carbocycles. The number of aryl methyl sites for hydroxylation is 2. The van der Waals surface area contributed by atoms with Crippen molar-refractivity contribution in [2.24, 2.45) is 0 Å². The Labute approximate surface area is 108 Å². The maximum atomic E-state index is 5.28. The van der Waals surface area contributed by atoms with Crippen LogP contribution in [0.5, 0.6) is 0 Å². The van der Waals surface area contributed by atoms with Crippen LogP contribution in [0, 0.1) is 18.6 Å². The standard InChI is InChI=1S/C11H11N5OS/c1-6-3-4-8-10(12-6)16(11(18)14-8)5-9-13-7(2)17-15-9/h3-4H,5H2,1-2H3,(H,14,18). The van der Waals surface area contributed by atoms with Crippen molar-refractivity contribution in [3.8, 4) is 0 Å². The van der Waals surface area contributed by atoms with E-state index in [1.54, 1.807) is 6.92 Å². The molecule has 0 aliphatic heterocycles. The Balaban J connectivity index is 2.13. The zero-order valence-corrected chi connectivity index (χ0v) is 10.8. The third kappa shape index (κ3) is 1.82. The molecule has 3 rings (SSSR count). The van der Waals surface area contributed by atoms with Crippen molar-refractivity contribution in [1.82, 2.24) is 24.7 Å². The van der Waals surface area contributed by atoms with Gasteiger partial charge in [0.25, 0.3) is 0 Å². The minimum absolute atomic E-state index is 0.451. The number of nitrogens with zero attached hydrogens (tertiary/aromatic N) is 4. The minimum Gasteiger partial charge on any atom is -0.340 e. The van der Waals surface area contributed by atoms with Crippen molar-refractivity contribution in [2.75, 3.05) is 0 Å². The van der Waals surface area contributed by atoms with Crippen LogP contribution < -0.4 is 0 Å². The van der Waals surface area contributed by atoms with E-state index in [9.17, 15) is 0 Å². The second kappa shape index (κ2) is 4.02. The Hall–Kier alpha value is -2.02. The zero-order chi connectivity index (χ0) is 12.7. The van der Waals surface area contributed by atoms with Crippen LogP contribution in [0.4, 0.5) is 0 Å². The van der Waals surface area contributed by atoms with Crippen molar-refractivity contribution in [3.63, 3.8) is 0 Å². The average Bonchev–Trinajstić information content (AvgIpc) is 2.86. The largest absolute Gasteiger partial charge is 0.340 e. The Morgan fingerprint density at radius 1 is 1.33 bits per heavy atom. The molecule has 0 fully saturated rings. The van der Waals surface area contributed by atoms with Crippen molar-refractivity contribution in [1.29, 1.82) is 0 Å². The Kier molecular flexibility index (Phi) is 2.48. The number of pyridine rings is 1. The molecule has 18 heavy (non-hydrogen) atoms. The summed E-state index contributed by atoms with van der Waals surface area (Å²) in [6.45, 7) is 4.15. The fraction of sp³-hybridized carbons (Fsp3) is 0.273. The zero-order valence-electron chi connectivity index (χ0n) is 9.97. The third-order valence-corrected chi connectivity index (χ3v) is 2.95. The molecular weight excluding hydrogens is 250 g/mol. The first kappa shape index (κ1) is 11.1. The summed E-state index contributed by atoms with van der Waals surface area (Å²) in [6, 6.07) is 3.90. The Morgan fingerprint density at radius 2 is 2.17 bits per heavy atom. The van der Waals surface area contributed by atoms with E-state index >= 15 is 0 Å². The van der Waals surface area contributed by atoms with Crippen molar-refractivity contribution in [3.05, 3.63) is 34.3 Å². The molecule has 0 spiro atoms. The second-order valence-electron chi connectivity index (χ2n) is 4.07. The van der Waals surface area contributed by atoms with E-state index in [4.69, 9.17) is 16.7 Å². The molecule has 0 bridgehead atoms. The number of nitrogens with one attached hydrogen (secondary N) is 1. The quantitative estimate of drug-likeness (QED) is 0.715. The van der Waals surface area contributed by atoms with Crippen LogP contribution in [0.25, 0.3) is 11.2 Å². The van der Waals surface area contributed by atoms with E-state index in [2.05, 4.69) is 20.1 Å². The van der Waals surface area contributed by atoms with Gasteiger partial charge in [0.15, 0.2) is 16.2 Å². The highest BCUT2D eigenvalue weighted by Gasteiger charge is 2.09. The summed E-state index contributed by atoms with van der Waals surface area (Å²) < 4.78 is 7.42. The van der Waals surface area contributed by atoms with E-state index in [-0.39, 0.29) is 0 Å². The van der Waals surface area contributed by atoms with Crippen LogP contribution in [0.15, 0.2) is 16.7 Å². The molecule has 0 saturated heterocycles. The highest BCUT2D eigenvalue weighted by Crippen LogP contribution is 2.13. The fourth-order valence-corrected chi connectivity index (χ4v) is 2.08. The van der Waals surface area contributed by atoms with Crippen molar-refractivity contribution in [2.45, 2.75) is 20.4 Å². The van der Waals surface area contributed by atoms with Gasteiger partial charge in [-0.05, 0) is 31.3 Å². The van der Waals surface area contributed by atoms with Gasteiger partial charge in [-0.3, -0.25) is 4.57 Å². The monoisotopic (exact) mass is 261 g/mol. The van der Waals surface area contributed by atoms with Gasteiger partial charge in [-0.15, -0.1) is 0 Å². The van der Waals surface area contributed by atoms with Gasteiger partial charge in [-0.1, -0.05) is 5.16 Å². The lowest BCUT2D eigenvalue weighted by Crippen LogP contribution is -2.03. The van der Waals surface area contributed by atoms with E-state index in [1.165, 1.54) is 0 Å². The number of H-pyrrole nitrogens is 1. The highest BCUT2D eigenvalue weighted by atomic mass is 32.1. The lowest BCUT2D eigenvalue weighted by molar-refractivity contribution is 0.386. The molecule has 0 radical (unpaired) electrons. The average molecular weight is 261 g/mol. The molecule has 3 aromatic heterocycles. The minimum atomic E-state index is 0.451. The maximum absolute atomic E-state index is 5.28. The van der Waals surface area contributed by atoms with E-state index in [0.29, 0.717) is 23.0 Å². The second-order valence-corrected chi connectivity index (χ2v) is 4.46. The predicted octanol–water partition coefficient (Wildman–Crippen LogP) is 2.14. The third-order valence-electron chi connectivity index (χ3n) is 2.63. The maximum Gasteiger partial charge on any atom is 0.223 e. The number of hydrogen-bond acceptors (Lipinski definition) is 5. The molecule has 6 nitrogen and oxygen atoms in total. The van der Waals surface area contributed by atoms with Gasteiger partial charge in [0.2, 0.25) is 5.89 Å². The van der Waals surface area contributed by atoms with Gasteiger partial charge < -0.3 is 9.51 Å². The summed E-state index contributed by atoms with van der Waals surface area (Å²) in [7, 11) is 0. The lowest BCUT2D eigenvalue weighted by atomic mass is 10.3. The molecular formula is C11H11N5OS. The van der Waals surface area contributed by atoms with Crippen LogP contribution in [0.2, 0.25) is 0 Å². The van der Waals surface area contributed by atoms with Gasteiger partial charge in [-0.2, -0.15) is 4.98 Å².